The monoisotopic (exact) mass is 266 g/mol. The molecule has 2 nitrogen and oxygen atoms in total. The second-order valence-corrected chi connectivity index (χ2v) is 5.11. The topological polar surface area (TPSA) is 35.8 Å². The smallest absolute Gasteiger partial charge is 0.145 e. The molecular weight excluding hydrogens is 247 g/mol. The van der Waals surface area contributed by atoms with Gasteiger partial charge in [-0.3, -0.25) is 0 Å². The highest BCUT2D eigenvalue weighted by Crippen LogP contribution is 2.11. The number of benzene rings is 1. The van der Waals surface area contributed by atoms with E-state index in [4.69, 9.17) is 5.26 Å². The number of nitriles is 1. The van der Waals surface area contributed by atoms with Gasteiger partial charge < -0.3 is 5.32 Å². The van der Waals surface area contributed by atoms with Gasteiger partial charge in [-0.1, -0.05) is 18.6 Å². The molecule has 0 aliphatic rings. The lowest BCUT2D eigenvalue weighted by Gasteiger charge is -2.06. The molecule has 0 saturated heterocycles. The summed E-state index contributed by atoms with van der Waals surface area (Å²) in [4.78, 5) is 0. The minimum absolute atomic E-state index is 0.120. The van der Waals surface area contributed by atoms with E-state index in [0.717, 1.165) is 13.0 Å². The highest BCUT2D eigenvalue weighted by molar-refractivity contribution is 7.98. The van der Waals surface area contributed by atoms with E-state index >= 15 is 0 Å². The van der Waals surface area contributed by atoms with Crippen molar-refractivity contribution in [3.8, 4) is 6.07 Å². The van der Waals surface area contributed by atoms with Crippen LogP contribution >= 0.6 is 11.8 Å². The van der Waals surface area contributed by atoms with Gasteiger partial charge in [0.2, 0.25) is 0 Å². The van der Waals surface area contributed by atoms with Crippen LogP contribution in [0.5, 0.6) is 0 Å². The zero-order valence-electron chi connectivity index (χ0n) is 10.7. The molecule has 0 atom stereocenters. The summed E-state index contributed by atoms with van der Waals surface area (Å²) >= 11 is 1.87. The average Bonchev–Trinajstić information content (AvgIpc) is 2.39. The maximum absolute atomic E-state index is 13.7. The molecule has 0 heterocycles. The molecule has 1 rings (SSSR count). The molecule has 18 heavy (non-hydrogen) atoms. The minimum Gasteiger partial charge on any atom is -0.313 e. The molecule has 1 aromatic carbocycles. The van der Waals surface area contributed by atoms with E-state index < -0.39 is 5.82 Å². The second kappa shape index (κ2) is 8.96. The zero-order valence-corrected chi connectivity index (χ0v) is 11.5. The summed E-state index contributed by atoms with van der Waals surface area (Å²) in [7, 11) is 0. The van der Waals surface area contributed by atoms with Crippen molar-refractivity contribution in [1.29, 1.82) is 5.26 Å². The van der Waals surface area contributed by atoms with E-state index in [2.05, 4.69) is 11.6 Å². The summed E-state index contributed by atoms with van der Waals surface area (Å²) in [5.74, 6) is 0.814. The second-order valence-electron chi connectivity index (χ2n) is 4.12. The Bertz CT molecular complexity index is 401. The number of rotatable bonds is 8. The fourth-order valence-corrected chi connectivity index (χ4v) is 2.19. The summed E-state index contributed by atoms with van der Waals surface area (Å²) in [5, 5.41) is 11.9. The third kappa shape index (κ3) is 5.07. The maximum Gasteiger partial charge on any atom is 0.145 e. The van der Waals surface area contributed by atoms with Crippen LogP contribution in [0.4, 0.5) is 4.39 Å². The van der Waals surface area contributed by atoms with Gasteiger partial charge in [0.05, 0.1) is 5.56 Å². The van der Waals surface area contributed by atoms with Crippen LogP contribution in [-0.4, -0.2) is 18.6 Å². The Balaban J connectivity index is 2.26. The lowest BCUT2D eigenvalue weighted by atomic mass is 10.1. The molecule has 0 radical (unpaired) electrons. The van der Waals surface area contributed by atoms with Crippen LogP contribution in [0.1, 0.15) is 30.4 Å². The van der Waals surface area contributed by atoms with Gasteiger partial charge in [-0.15, -0.1) is 0 Å². The molecule has 0 aliphatic carbocycles. The van der Waals surface area contributed by atoms with Crippen molar-refractivity contribution in [3.05, 3.63) is 35.1 Å². The number of hydrogen-bond donors (Lipinski definition) is 1. The third-order valence-corrected chi connectivity index (χ3v) is 3.41. The normalized spacial score (nSPS) is 10.3. The Morgan fingerprint density at radius 3 is 2.89 bits per heavy atom. The molecule has 0 saturated carbocycles. The highest BCUT2D eigenvalue weighted by Gasteiger charge is 2.06. The zero-order chi connectivity index (χ0) is 13.2. The highest BCUT2D eigenvalue weighted by atomic mass is 32.2. The van der Waals surface area contributed by atoms with Gasteiger partial charge in [0, 0.05) is 12.1 Å². The lowest BCUT2D eigenvalue weighted by molar-refractivity contribution is 0.572. The molecule has 0 fully saturated rings. The van der Waals surface area contributed by atoms with Crippen LogP contribution in [-0.2, 0) is 6.54 Å². The van der Waals surface area contributed by atoms with Crippen LogP contribution in [0.2, 0.25) is 0 Å². The quantitative estimate of drug-likeness (QED) is 0.733. The van der Waals surface area contributed by atoms with Gasteiger partial charge in [0.15, 0.2) is 0 Å². The lowest BCUT2D eigenvalue weighted by Crippen LogP contribution is -2.16. The van der Waals surface area contributed by atoms with E-state index in [1.165, 1.54) is 24.7 Å². The molecule has 0 unspecified atom stereocenters. The van der Waals surface area contributed by atoms with Crippen molar-refractivity contribution in [3.63, 3.8) is 0 Å². The van der Waals surface area contributed by atoms with E-state index in [1.54, 1.807) is 12.1 Å². The van der Waals surface area contributed by atoms with E-state index in [0.29, 0.717) is 12.1 Å². The van der Waals surface area contributed by atoms with Gasteiger partial charge >= 0.3 is 0 Å². The Kier molecular flexibility index (Phi) is 7.47. The minimum atomic E-state index is -0.394. The van der Waals surface area contributed by atoms with E-state index in [-0.39, 0.29) is 5.56 Å². The number of nitrogens with zero attached hydrogens (tertiary/aromatic N) is 1. The summed E-state index contributed by atoms with van der Waals surface area (Å²) < 4.78 is 13.7. The van der Waals surface area contributed by atoms with Gasteiger partial charge in [0.1, 0.15) is 11.9 Å². The fourth-order valence-electron chi connectivity index (χ4n) is 1.70. The third-order valence-electron chi connectivity index (χ3n) is 2.72. The van der Waals surface area contributed by atoms with E-state index in [1.807, 2.05) is 17.8 Å². The van der Waals surface area contributed by atoms with Gasteiger partial charge in [-0.05, 0) is 37.5 Å². The molecule has 98 valence electrons. The van der Waals surface area contributed by atoms with Gasteiger partial charge in [-0.25, -0.2) is 4.39 Å². The van der Waals surface area contributed by atoms with Crippen molar-refractivity contribution in [2.75, 3.05) is 18.6 Å². The molecule has 0 aliphatic heterocycles. The van der Waals surface area contributed by atoms with Crippen molar-refractivity contribution >= 4 is 11.8 Å². The van der Waals surface area contributed by atoms with Crippen LogP contribution in [0, 0.1) is 17.1 Å². The Labute approximate surface area is 113 Å². The van der Waals surface area contributed by atoms with Gasteiger partial charge in [-0.2, -0.15) is 17.0 Å². The van der Waals surface area contributed by atoms with Crippen LogP contribution in [0.15, 0.2) is 18.2 Å². The molecule has 0 bridgehead atoms. The summed E-state index contributed by atoms with van der Waals surface area (Å²) in [5.41, 5.74) is 0.687. The first-order valence-electron chi connectivity index (χ1n) is 6.16. The summed E-state index contributed by atoms with van der Waals surface area (Å²) in [6, 6.07) is 6.80. The first-order valence-corrected chi connectivity index (χ1v) is 7.56. The summed E-state index contributed by atoms with van der Waals surface area (Å²) in [6.45, 7) is 1.38. The Morgan fingerprint density at radius 1 is 1.33 bits per heavy atom. The first kappa shape index (κ1) is 15.0. The molecular formula is C14H19FN2S. The van der Waals surface area contributed by atoms with Crippen molar-refractivity contribution in [2.24, 2.45) is 0 Å². The van der Waals surface area contributed by atoms with Crippen LogP contribution < -0.4 is 5.32 Å². The largest absolute Gasteiger partial charge is 0.313 e. The Hall–Kier alpha value is -1.05. The van der Waals surface area contributed by atoms with Crippen LogP contribution in [0.3, 0.4) is 0 Å². The van der Waals surface area contributed by atoms with Crippen molar-refractivity contribution < 1.29 is 4.39 Å². The van der Waals surface area contributed by atoms with Gasteiger partial charge in [0.25, 0.3) is 0 Å². The number of halogens is 1. The average molecular weight is 266 g/mol. The Morgan fingerprint density at radius 2 is 2.17 bits per heavy atom. The molecule has 0 amide bonds. The molecule has 1 aromatic rings. The van der Waals surface area contributed by atoms with Crippen LogP contribution in [0.25, 0.3) is 0 Å². The number of nitrogens with one attached hydrogen (secondary N) is 1. The standard InChI is InChI=1S/C14H19FN2S/c1-18-9-4-2-3-8-17-11-13-7-5-6-12(10-16)14(13)15/h5-7,17H,2-4,8-9,11H2,1H3. The molecule has 1 N–H and O–H groups in total. The molecule has 4 heteroatoms. The van der Waals surface area contributed by atoms with Crippen molar-refractivity contribution in [2.45, 2.75) is 25.8 Å². The fraction of sp³-hybridized carbons (Fsp3) is 0.500. The maximum atomic E-state index is 13.7. The number of thioether (sulfide) groups is 1. The SMILES string of the molecule is CSCCCCCNCc1cccc(C#N)c1F. The number of unbranched alkanes of at least 4 members (excludes halogenated alkanes) is 2. The van der Waals surface area contributed by atoms with Crippen molar-refractivity contribution in [1.82, 2.24) is 5.32 Å². The molecule has 0 aromatic heterocycles. The predicted molar refractivity (Wildman–Crippen MR) is 75.1 cm³/mol. The number of hydrogen-bond acceptors (Lipinski definition) is 3. The first-order chi connectivity index (χ1) is 8.79. The molecule has 0 spiro atoms. The van der Waals surface area contributed by atoms with E-state index in [9.17, 15) is 4.39 Å². The summed E-state index contributed by atoms with van der Waals surface area (Å²) in [6.07, 6.45) is 5.67. The predicted octanol–water partition coefficient (Wildman–Crippen LogP) is 3.32.